The van der Waals surface area contributed by atoms with Crippen LogP contribution in [-0.2, 0) is 4.79 Å². The lowest BCUT2D eigenvalue weighted by Gasteiger charge is -2.21. The molecular weight excluding hydrogens is 456 g/mol. The summed E-state index contributed by atoms with van der Waals surface area (Å²) in [5, 5.41) is 14.0. The Kier molecular flexibility index (Phi) is 11.1. The number of fused-ring (bicyclic) bond motifs is 1. The molecule has 2 aromatic carbocycles. The van der Waals surface area contributed by atoms with Crippen LogP contribution in [0.3, 0.4) is 0 Å². The van der Waals surface area contributed by atoms with E-state index < -0.39 is 17.9 Å². The molecule has 0 aliphatic carbocycles. The van der Waals surface area contributed by atoms with Gasteiger partial charge < -0.3 is 20.9 Å². The Morgan fingerprint density at radius 3 is 2.45 bits per heavy atom. The van der Waals surface area contributed by atoms with E-state index in [2.05, 4.69) is 31.8 Å². The average Bonchev–Trinajstić information content (AvgIpc) is 2.80. The molecule has 0 saturated carbocycles. The number of aliphatic carboxylic acids is 1. The second-order valence-electron chi connectivity index (χ2n) is 8.29. The van der Waals surface area contributed by atoms with Gasteiger partial charge >= 0.3 is 5.97 Å². The SMILES string of the molecule is CSCCC(NC(=O)c1cc2ccccc2cc1OCC(C=CC(N)CS)C(C)C)C(=O)O. The van der Waals surface area contributed by atoms with Crippen LogP contribution in [-0.4, -0.2) is 53.4 Å². The number of carboxylic acids is 1. The first-order chi connectivity index (χ1) is 15.8. The lowest BCUT2D eigenvalue weighted by Crippen LogP contribution is -2.41. The smallest absolute Gasteiger partial charge is 0.326 e. The highest BCUT2D eigenvalue weighted by atomic mass is 32.2. The van der Waals surface area contributed by atoms with Gasteiger partial charge in [-0.15, -0.1) is 0 Å². The summed E-state index contributed by atoms with van der Waals surface area (Å²) in [5.41, 5.74) is 6.28. The van der Waals surface area contributed by atoms with E-state index >= 15 is 0 Å². The third kappa shape index (κ3) is 8.28. The molecule has 0 fully saturated rings. The van der Waals surface area contributed by atoms with Crippen LogP contribution in [0.2, 0.25) is 0 Å². The van der Waals surface area contributed by atoms with Crippen LogP contribution in [0.1, 0.15) is 30.6 Å². The minimum atomic E-state index is -1.05. The van der Waals surface area contributed by atoms with Gasteiger partial charge in [-0.05, 0) is 47.3 Å². The summed E-state index contributed by atoms with van der Waals surface area (Å²) in [6.45, 7) is 4.56. The fraction of sp³-hybridized carbons (Fsp3) is 0.440. The molecule has 3 atom stereocenters. The lowest BCUT2D eigenvalue weighted by atomic mass is 9.95. The second-order valence-corrected chi connectivity index (χ2v) is 9.64. The van der Waals surface area contributed by atoms with Crippen LogP contribution in [0.25, 0.3) is 10.8 Å². The number of hydrogen-bond acceptors (Lipinski definition) is 6. The van der Waals surface area contributed by atoms with E-state index in [0.717, 1.165) is 10.8 Å². The molecule has 0 bridgehead atoms. The van der Waals surface area contributed by atoms with Gasteiger partial charge in [-0.25, -0.2) is 4.79 Å². The van der Waals surface area contributed by atoms with E-state index in [1.54, 1.807) is 6.07 Å². The number of carboxylic acid groups (broad SMARTS) is 1. The highest BCUT2D eigenvalue weighted by Gasteiger charge is 2.23. The zero-order chi connectivity index (χ0) is 24.4. The third-order valence-corrected chi connectivity index (χ3v) is 6.48. The van der Waals surface area contributed by atoms with Gasteiger partial charge in [-0.1, -0.05) is 50.3 Å². The van der Waals surface area contributed by atoms with Gasteiger partial charge in [-0.2, -0.15) is 24.4 Å². The van der Waals surface area contributed by atoms with Crippen LogP contribution in [0, 0.1) is 11.8 Å². The first-order valence-corrected chi connectivity index (χ1v) is 13.0. The van der Waals surface area contributed by atoms with Crippen molar-refractivity contribution in [1.29, 1.82) is 0 Å². The largest absolute Gasteiger partial charge is 0.492 e. The van der Waals surface area contributed by atoms with Crippen LogP contribution < -0.4 is 15.8 Å². The van der Waals surface area contributed by atoms with Gasteiger partial charge in [0.2, 0.25) is 0 Å². The Labute approximate surface area is 205 Å². The van der Waals surface area contributed by atoms with Crippen molar-refractivity contribution in [2.45, 2.75) is 32.4 Å². The quantitative estimate of drug-likeness (QED) is 0.247. The zero-order valence-electron chi connectivity index (χ0n) is 19.4. The minimum absolute atomic E-state index is 0.0895. The minimum Gasteiger partial charge on any atom is -0.492 e. The molecule has 8 heteroatoms. The third-order valence-electron chi connectivity index (χ3n) is 5.41. The number of hydrogen-bond donors (Lipinski definition) is 4. The van der Waals surface area contributed by atoms with Crippen LogP contribution in [0.4, 0.5) is 0 Å². The fourth-order valence-corrected chi connectivity index (χ4v) is 3.84. The molecular formula is C25H34N2O4S2. The van der Waals surface area contributed by atoms with Crippen molar-refractivity contribution in [3.05, 3.63) is 54.1 Å². The number of carbonyl (C=O) groups excluding carboxylic acids is 1. The number of thiol groups is 1. The summed E-state index contributed by atoms with van der Waals surface area (Å²) < 4.78 is 6.16. The van der Waals surface area contributed by atoms with E-state index in [-0.39, 0.29) is 12.0 Å². The van der Waals surface area contributed by atoms with Crippen molar-refractivity contribution in [2.24, 2.45) is 17.6 Å². The Morgan fingerprint density at radius 1 is 1.21 bits per heavy atom. The van der Waals surface area contributed by atoms with Crippen molar-refractivity contribution >= 4 is 47.0 Å². The molecule has 6 nitrogen and oxygen atoms in total. The average molecular weight is 491 g/mol. The van der Waals surface area contributed by atoms with E-state index in [0.29, 0.717) is 41.8 Å². The Balaban J connectivity index is 2.32. The Bertz CT molecular complexity index is 965. The summed E-state index contributed by atoms with van der Waals surface area (Å²) in [7, 11) is 0. The van der Waals surface area contributed by atoms with Gasteiger partial charge in [0.15, 0.2) is 0 Å². The molecule has 0 radical (unpaired) electrons. The molecule has 0 aliphatic rings. The molecule has 2 aromatic rings. The van der Waals surface area contributed by atoms with Gasteiger partial charge in [0.25, 0.3) is 5.91 Å². The molecule has 3 unspecified atom stereocenters. The molecule has 0 heterocycles. The fourth-order valence-electron chi connectivity index (χ4n) is 3.25. The lowest BCUT2D eigenvalue weighted by molar-refractivity contribution is -0.139. The number of rotatable bonds is 13. The highest BCUT2D eigenvalue weighted by Crippen LogP contribution is 2.28. The predicted molar refractivity (Wildman–Crippen MR) is 141 cm³/mol. The molecule has 2 rings (SSSR count). The maximum Gasteiger partial charge on any atom is 0.326 e. The predicted octanol–water partition coefficient (Wildman–Crippen LogP) is 4.24. The number of benzene rings is 2. The first kappa shape index (κ1) is 27.1. The number of ether oxygens (including phenoxy) is 1. The van der Waals surface area contributed by atoms with Crippen molar-refractivity contribution < 1.29 is 19.4 Å². The van der Waals surface area contributed by atoms with E-state index in [1.165, 1.54) is 11.8 Å². The van der Waals surface area contributed by atoms with Gasteiger partial charge in [0.05, 0.1) is 12.2 Å². The molecule has 1 amide bonds. The van der Waals surface area contributed by atoms with Crippen molar-refractivity contribution in [1.82, 2.24) is 5.32 Å². The van der Waals surface area contributed by atoms with Crippen molar-refractivity contribution in [3.63, 3.8) is 0 Å². The molecule has 180 valence electrons. The van der Waals surface area contributed by atoms with Crippen molar-refractivity contribution in [3.8, 4) is 5.75 Å². The maximum absolute atomic E-state index is 13.1. The standard InChI is InChI=1S/C25H34N2O4S2/c1-16(2)19(8-9-20(26)15-32)14-31-23-13-18-7-5-4-6-17(18)12-21(23)24(28)27-22(25(29)30)10-11-33-3/h4-9,12-13,16,19-20,22,32H,10-11,14-15,26H2,1-3H3,(H,27,28)(H,29,30). The number of thioether (sulfide) groups is 1. The van der Waals surface area contributed by atoms with Crippen LogP contribution in [0.5, 0.6) is 5.75 Å². The normalized spacial score (nSPS) is 14.4. The monoisotopic (exact) mass is 490 g/mol. The van der Waals surface area contributed by atoms with Crippen LogP contribution >= 0.6 is 24.4 Å². The highest BCUT2D eigenvalue weighted by molar-refractivity contribution is 7.98. The van der Waals surface area contributed by atoms with E-state index in [1.807, 2.05) is 48.7 Å². The summed E-state index contributed by atoms with van der Waals surface area (Å²) in [6.07, 6.45) is 6.21. The van der Waals surface area contributed by atoms with E-state index in [4.69, 9.17) is 10.5 Å². The molecule has 0 spiro atoms. The summed E-state index contributed by atoms with van der Waals surface area (Å²) in [5.74, 6) is 0.496. The van der Waals surface area contributed by atoms with E-state index in [9.17, 15) is 14.7 Å². The molecule has 4 N–H and O–H groups in total. The number of nitrogens with one attached hydrogen (secondary N) is 1. The van der Waals surface area contributed by atoms with Crippen LogP contribution in [0.15, 0.2) is 48.6 Å². The number of carbonyl (C=O) groups is 2. The van der Waals surface area contributed by atoms with Crippen molar-refractivity contribution in [2.75, 3.05) is 24.4 Å². The summed E-state index contributed by atoms with van der Waals surface area (Å²) in [6, 6.07) is 10.2. The second kappa shape index (κ2) is 13.5. The maximum atomic E-state index is 13.1. The molecule has 0 saturated heterocycles. The summed E-state index contributed by atoms with van der Waals surface area (Å²) in [4.78, 5) is 24.8. The number of nitrogens with two attached hydrogens (primary N) is 1. The topological polar surface area (TPSA) is 102 Å². The van der Waals surface area contributed by atoms with Gasteiger partial charge in [0, 0.05) is 17.7 Å². The zero-order valence-corrected chi connectivity index (χ0v) is 21.1. The van der Waals surface area contributed by atoms with Gasteiger partial charge in [-0.3, -0.25) is 4.79 Å². The Morgan fingerprint density at radius 2 is 1.88 bits per heavy atom. The Hall–Kier alpha value is -2.16. The van der Waals surface area contributed by atoms with Gasteiger partial charge in [0.1, 0.15) is 11.8 Å². The molecule has 0 aliphatic heterocycles. The molecule has 33 heavy (non-hydrogen) atoms. The molecule has 0 aromatic heterocycles. The first-order valence-electron chi connectivity index (χ1n) is 11.0. The summed E-state index contributed by atoms with van der Waals surface area (Å²) >= 11 is 5.75. The number of amides is 1.